The highest BCUT2D eigenvalue weighted by molar-refractivity contribution is 5.74. The molecule has 2 amide bonds. The fraction of sp³-hybridized carbons (Fsp3) is 0.733. The van der Waals surface area contributed by atoms with E-state index in [0.717, 1.165) is 13.1 Å². The summed E-state index contributed by atoms with van der Waals surface area (Å²) in [7, 11) is 0. The first kappa shape index (κ1) is 15.3. The molecule has 0 radical (unpaired) electrons. The van der Waals surface area contributed by atoms with Gasteiger partial charge < -0.3 is 19.9 Å². The van der Waals surface area contributed by atoms with E-state index in [1.54, 1.807) is 17.4 Å². The first-order valence-electron chi connectivity index (χ1n) is 8.14. The quantitative estimate of drug-likeness (QED) is 0.829. The molecule has 2 fully saturated rings. The molecule has 2 aliphatic rings. The van der Waals surface area contributed by atoms with Gasteiger partial charge in [-0.05, 0) is 25.9 Å². The van der Waals surface area contributed by atoms with Crippen molar-refractivity contribution in [3.63, 3.8) is 0 Å². The number of β-amino-alcohol motifs (C(OH)–C–C–N with tert-alkyl or cyclic N) is 1. The minimum absolute atomic E-state index is 0.0846. The topological polar surface area (TPSA) is 73.6 Å². The summed E-state index contributed by atoms with van der Waals surface area (Å²) in [6.07, 6.45) is 8.56. The van der Waals surface area contributed by atoms with Gasteiger partial charge in [-0.3, -0.25) is 4.90 Å². The molecule has 1 aromatic heterocycles. The summed E-state index contributed by atoms with van der Waals surface area (Å²) in [5.41, 5.74) is 0. The third kappa shape index (κ3) is 3.59. The molecule has 0 aliphatic carbocycles. The summed E-state index contributed by atoms with van der Waals surface area (Å²) in [5, 5.41) is 13.2. The number of hydrogen-bond donors (Lipinski definition) is 2. The van der Waals surface area contributed by atoms with Crippen molar-refractivity contribution in [2.75, 3.05) is 32.7 Å². The molecule has 3 heterocycles. The molecule has 2 aliphatic heterocycles. The maximum Gasteiger partial charge on any atom is 0.317 e. The normalized spacial score (nSPS) is 26.3. The van der Waals surface area contributed by atoms with E-state index in [4.69, 9.17) is 0 Å². The Morgan fingerprint density at radius 1 is 1.27 bits per heavy atom. The fourth-order valence-corrected chi connectivity index (χ4v) is 3.37. The highest BCUT2D eigenvalue weighted by Gasteiger charge is 2.37. The number of nitrogens with zero attached hydrogens (tertiary/aromatic N) is 4. The van der Waals surface area contributed by atoms with Crippen LogP contribution in [0.1, 0.15) is 19.3 Å². The number of piperidine rings is 1. The van der Waals surface area contributed by atoms with Gasteiger partial charge in [0.25, 0.3) is 0 Å². The van der Waals surface area contributed by atoms with Crippen LogP contribution >= 0.6 is 0 Å². The Hall–Kier alpha value is -1.60. The van der Waals surface area contributed by atoms with Crippen molar-refractivity contribution in [3.05, 3.63) is 18.7 Å². The Bertz CT molecular complexity index is 472. The van der Waals surface area contributed by atoms with Gasteiger partial charge >= 0.3 is 6.03 Å². The number of carbonyl (C=O) groups excluding carboxylic acids is 1. The Morgan fingerprint density at radius 2 is 2.09 bits per heavy atom. The lowest BCUT2D eigenvalue weighted by Gasteiger charge is -2.33. The van der Waals surface area contributed by atoms with Crippen molar-refractivity contribution in [1.82, 2.24) is 24.7 Å². The predicted molar refractivity (Wildman–Crippen MR) is 82.4 cm³/mol. The molecule has 7 heteroatoms. The first-order chi connectivity index (χ1) is 10.7. The third-order valence-electron chi connectivity index (χ3n) is 4.61. The van der Waals surface area contributed by atoms with Crippen LogP contribution in [0.5, 0.6) is 0 Å². The van der Waals surface area contributed by atoms with E-state index < -0.39 is 6.10 Å². The summed E-state index contributed by atoms with van der Waals surface area (Å²) in [6, 6.07) is 0.0124. The minimum atomic E-state index is -0.433. The van der Waals surface area contributed by atoms with Gasteiger partial charge in [-0.2, -0.15) is 0 Å². The van der Waals surface area contributed by atoms with Crippen molar-refractivity contribution in [2.24, 2.45) is 0 Å². The van der Waals surface area contributed by atoms with Crippen LogP contribution in [0.25, 0.3) is 0 Å². The van der Waals surface area contributed by atoms with E-state index in [9.17, 15) is 9.90 Å². The van der Waals surface area contributed by atoms with E-state index >= 15 is 0 Å². The largest absolute Gasteiger partial charge is 0.390 e. The molecule has 7 nitrogen and oxygen atoms in total. The van der Waals surface area contributed by atoms with Gasteiger partial charge in [0.2, 0.25) is 0 Å². The van der Waals surface area contributed by atoms with Gasteiger partial charge in [0.05, 0.1) is 18.5 Å². The Labute approximate surface area is 130 Å². The molecule has 122 valence electrons. The van der Waals surface area contributed by atoms with Crippen molar-refractivity contribution in [1.29, 1.82) is 0 Å². The lowest BCUT2D eigenvalue weighted by Crippen LogP contribution is -2.46. The fourth-order valence-electron chi connectivity index (χ4n) is 3.37. The molecule has 0 saturated carbocycles. The van der Waals surface area contributed by atoms with Crippen LogP contribution in [0.15, 0.2) is 18.7 Å². The monoisotopic (exact) mass is 307 g/mol. The molecule has 3 rings (SSSR count). The maximum absolute atomic E-state index is 12.2. The zero-order valence-corrected chi connectivity index (χ0v) is 12.9. The van der Waals surface area contributed by atoms with E-state index in [1.807, 2.05) is 10.8 Å². The molecule has 2 saturated heterocycles. The van der Waals surface area contributed by atoms with E-state index in [0.29, 0.717) is 26.2 Å². The molecule has 2 atom stereocenters. The second kappa shape index (κ2) is 7.11. The second-order valence-corrected chi connectivity index (χ2v) is 6.17. The maximum atomic E-state index is 12.2. The predicted octanol–water partition coefficient (Wildman–Crippen LogP) is 0.124. The summed E-state index contributed by atoms with van der Waals surface area (Å²) in [6.45, 7) is 4.40. The number of imidazole rings is 1. The van der Waals surface area contributed by atoms with Crippen molar-refractivity contribution in [2.45, 2.75) is 38.0 Å². The molecule has 0 aromatic carbocycles. The highest BCUT2D eigenvalue weighted by atomic mass is 16.3. The molecule has 1 aromatic rings. The van der Waals surface area contributed by atoms with Crippen molar-refractivity contribution < 1.29 is 9.90 Å². The summed E-state index contributed by atoms with van der Waals surface area (Å²) in [5.74, 6) is 0. The number of aromatic nitrogens is 2. The summed E-state index contributed by atoms with van der Waals surface area (Å²) in [4.78, 5) is 20.3. The average molecular weight is 307 g/mol. The molecule has 0 bridgehead atoms. The molecule has 0 spiro atoms. The Balaban J connectivity index is 1.45. The zero-order chi connectivity index (χ0) is 15.4. The van der Waals surface area contributed by atoms with Gasteiger partial charge in [0.1, 0.15) is 0 Å². The molecular formula is C15H25N5O2. The minimum Gasteiger partial charge on any atom is -0.390 e. The van der Waals surface area contributed by atoms with Crippen molar-refractivity contribution >= 4 is 6.03 Å². The molecule has 2 N–H and O–H groups in total. The Kier molecular flexibility index (Phi) is 4.94. The smallest absolute Gasteiger partial charge is 0.317 e. The van der Waals surface area contributed by atoms with Crippen LogP contribution in [-0.4, -0.2) is 75.4 Å². The summed E-state index contributed by atoms with van der Waals surface area (Å²) < 4.78 is 1.93. The number of urea groups is 1. The van der Waals surface area contributed by atoms with E-state index in [-0.39, 0.29) is 12.1 Å². The summed E-state index contributed by atoms with van der Waals surface area (Å²) >= 11 is 0. The lowest BCUT2D eigenvalue weighted by atomic mass is 10.1. The van der Waals surface area contributed by atoms with Gasteiger partial charge in [0.15, 0.2) is 0 Å². The number of likely N-dealkylation sites (tertiary alicyclic amines) is 2. The number of rotatable bonds is 4. The molecular weight excluding hydrogens is 282 g/mol. The number of hydrogen-bond acceptors (Lipinski definition) is 4. The average Bonchev–Trinajstić information content (AvgIpc) is 3.17. The number of aliphatic hydroxyl groups excluding tert-OH is 1. The number of amides is 2. The van der Waals surface area contributed by atoms with Gasteiger partial charge in [0, 0.05) is 38.6 Å². The number of carbonyl (C=O) groups is 1. The molecule has 0 unspecified atom stereocenters. The third-order valence-corrected chi connectivity index (χ3v) is 4.61. The van der Waals surface area contributed by atoms with Gasteiger partial charge in [-0.1, -0.05) is 6.42 Å². The lowest BCUT2D eigenvalue weighted by molar-refractivity contribution is 0.0706. The first-order valence-corrected chi connectivity index (χ1v) is 8.14. The Morgan fingerprint density at radius 3 is 2.82 bits per heavy atom. The zero-order valence-electron chi connectivity index (χ0n) is 12.9. The van der Waals surface area contributed by atoms with Crippen LogP contribution < -0.4 is 5.32 Å². The van der Waals surface area contributed by atoms with Crippen LogP contribution in [0, 0.1) is 0 Å². The van der Waals surface area contributed by atoms with E-state index in [2.05, 4.69) is 15.2 Å². The second-order valence-electron chi connectivity index (χ2n) is 6.17. The van der Waals surface area contributed by atoms with Crippen LogP contribution in [0.4, 0.5) is 4.79 Å². The van der Waals surface area contributed by atoms with Crippen LogP contribution in [0.2, 0.25) is 0 Å². The SMILES string of the molecule is O=C(NCCn1ccnc1)N1C[C@H](O)[C@@H](N2CCCCC2)C1. The van der Waals surface area contributed by atoms with Crippen LogP contribution in [0.3, 0.4) is 0 Å². The standard InChI is InChI=1S/C15H25N5O2/c21-14-11-20(10-13(14)19-6-2-1-3-7-19)15(22)17-5-9-18-8-4-16-12-18/h4,8,12-14,21H,1-3,5-7,9-11H2,(H,17,22)/t13-,14-/m0/s1. The molecule has 22 heavy (non-hydrogen) atoms. The highest BCUT2D eigenvalue weighted by Crippen LogP contribution is 2.20. The van der Waals surface area contributed by atoms with Crippen LogP contribution in [-0.2, 0) is 6.54 Å². The van der Waals surface area contributed by atoms with Crippen molar-refractivity contribution in [3.8, 4) is 0 Å². The van der Waals surface area contributed by atoms with Gasteiger partial charge in [-0.25, -0.2) is 9.78 Å². The van der Waals surface area contributed by atoms with Gasteiger partial charge in [-0.15, -0.1) is 0 Å². The number of aliphatic hydroxyl groups is 1. The number of nitrogens with one attached hydrogen (secondary N) is 1. The van der Waals surface area contributed by atoms with E-state index in [1.165, 1.54) is 19.3 Å².